The van der Waals surface area contributed by atoms with E-state index in [9.17, 15) is 9.59 Å². The second-order valence-electron chi connectivity index (χ2n) is 7.09. The van der Waals surface area contributed by atoms with Crippen LogP contribution >= 0.6 is 0 Å². The van der Waals surface area contributed by atoms with Crippen LogP contribution in [0.15, 0.2) is 36.7 Å². The third kappa shape index (κ3) is 3.34. The molecule has 4 atom stereocenters. The van der Waals surface area contributed by atoms with Crippen LogP contribution in [0.5, 0.6) is 5.75 Å². The van der Waals surface area contributed by atoms with E-state index in [1.807, 2.05) is 29.1 Å². The van der Waals surface area contributed by atoms with Crippen LogP contribution < -0.4 is 26.2 Å². The predicted molar refractivity (Wildman–Crippen MR) is 101 cm³/mol. The maximum Gasteiger partial charge on any atom is 0.238 e. The largest absolute Gasteiger partial charge is 0.496 e. The SMILES string of the molecule is CNC(=O)C1NNC2NC(=O)CC(c3ccc(OC)c(Cn4cccn4)c3)C21. The number of hydrogen-bond acceptors (Lipinski definition) is 6. The van der Waals surface area contributed by atoms with Gasteiger partial charge >= 0.3 is 0 Å². The van der Waals surface area contributed by atoms with Crippen LogP contribution in [0.2, 0.25) is 0 Å². The predicted octanol–water partition coefficient (Wildman–Crippen LogP) is -0.292. The van der Waals surface area contributed by atoms with Crippen LogP contribution in [-0.2, 0) is 16.1 Å². The highest BCUT2D eigenvalue weighted by molar-refractivity contribution is 5.84. The lowest BCUT2D eigenvalue weighted by molar-refractivity contribution is -0.128. The van der Waals surface area contributed by atoms with Gasteiger partial charge in [0.2, 0.25) is 11.8 Å². The molecule has 0 aliphatic carbocycles. The van der Waals surface area contributed by atoms with Crippen LogP contribution in [0, 0.1) is 5.92 Å². The number of carbonyl (C=O) groups excluding carboxylic acids is 2. The number of rotatable bonds is 5. The number of amides is 2. The number of hydrazine groups is 1. The van der Waals surface area contributed by atoms with Crippen LogP contribution in [0.3, 0.4) is 0 Å². The van der Waals surface area contributed by atoms with Crippen molar-refractivity contribution < 1.29 is 14.3 Å². The number of piperidine rings is 1. The van der Waals surface area contributed by atoms with E-state index in [1.165, 1.54) is 0 Å². The third-order valence-electron chi connectivity index (χ3n) is 5.50. The zero-order chi connectivity index (χ0) is 19.7. The summed E-state index contributed by atoms with van der Waals surface area (Å²) in [5.74, 6) is 0.407. The standard InChI is InChI=1S/C19H24N6O3/c1-20-19(27)17-16-13(9-15(26)22-18(16)24-23-17)11-4-5-14(28-2)12(8-11)10-25-7-3-6-21-25/h3-8,13,16-18,23-24H,9-10H2,1-2H3,(H,20,27)(H,22,26). The zero-order valence-corrected chi connectivity index (χ0v) is 15.8. The number of nitrogens with one attached hydrogen (secondary N) is 4. The molecule has 0 radical (unpaired) electrons. The Labute approximate surface area is 162 Å². The van der Waals surface area contributed by atoms with E-state index in [-0.39, 0.29) is 29.8 Å². The lowest BCUT2D eigenvalue weighted by atomic mass is 9.75. The topological polar surface area (TPSA) is 109 Å². The minimum absolute atomic E-state index is 0.0393. The van der Waals surface area contributed by atoms with Gasteiger partial charge in [-0.25, -0.2) is 10.9 Å². The van der Waals surface area contributed by atoms with Crippen molar-refractivity contribution in [2.75, 3.05) is 14.2 Å². The van der Waals surface area contributed by atoms with E-state index in [4.69, 9.17) is 4.74 Å². The average molecular weight is 384 g/mol. The van der Waals surface area contributed by atoms with E-state index >= 15 is 0 Å². The number of benzene rings is 1. The Morgan fingerprint density at radius 2 is 2.25 bits per heavy atom. The number of fused-ring (bicyclic) bond motifs is 1. The van der Waals surface area contributed by atoms with Crippen molar-refractivity contribution in [2.45, 2.75) is 31.1 Å². The molecule has 2 aliphatic rings. The quantitative estimate of drug-likeness (QED) is 0.564. The van der Waals surface area contributed by atoms with Crippen molar-refractivity contribution in [1.82, 2.24) is 31.3 Å². The fraction of sp³-hybridized carbons (Fsp3) is 0.421. The van der Waals surface area contributed by atoms with Crippen LogP contribution in [0.25, 0.3) is 0 Å². The lowest BCUT2D eigenvalue weighted by Crippen LogP contribution is -2.53. The Balaban J connectivity index is 1.69. The average Bonchev–Trinajstić information content (AvgIpc) is 3.36. The molecule has 0 saturated carbocycles. The van der Waals surface area contributed by atoms with Crippen molar-refractivity contribution >= 4 is 11.8 Å². The lowest BCUT2D eigenvalue weighted by Gasteiger charge is -2.35. The van der Waals surface area contributed by atoms with E-state index in [2.05, 4.69) is 32.7 Å². The normalized spacial score (nSPS) is 26.4. The van der Waals surface area contributed by atoms with Crippen molar-refractivity contribution in [1.29, 1.82) is 0 Å². The molecule has 0 spiro atoms. The molecule has 2 aromatic rings. The molecule has 9 nitrogen and oxygen atoms in total. The minimum Gasteiger partial charge on any atom is -0.496 e. The summed E-state index contributed by atoms with van der Waals surface area (Å²) in [7, 11) is 3.25. The second-order valence-corrected chi connectivity index (χ2v) is 7.09. The van der Waals surface area contributed by atoms with Crippen LogP contribution in [0.1, 0.15) is 23.5 Å². The smallest absolute Gasteiger partial charge is 0.238 e. The summed E-state index contributed by atoms with van der Waals surface area (Å²) in [6.45, 7) is 0.562. The van der Waals surface area contributed by atoms with E-state index in [0.29, 0.717) is 13.0 Å². The summed E-state index contributed by atoms with van der Waals surface area (Å²) >= 11 is 0. The van der Waals surface area contributed by atoms with E-state index < -0.39 is 6.04 Å². The van der Waals surface area contributed by atoms with Gasteiger partial charge in [0.25, 0.3) is 0 Å². The van der Waals surface area contributed by atoms with E-state index in [0.717, 1.165) is 16.9 Å². The molecule has 148 valence electrons. The Hall–Kier alpha value is -2.91. The molecule has 1 aromatic carbocycles. The number of likely N-dealkylation sites (N-methyl/N-ethyl adjacent to an activating group) is 1. The Morgan fingerprint density at radius 1 is 1.39 bits per heavy atom. The van der Waals surface area contributed by atoms with Crippen molar-refractivity contribution in [3.8, 4) is 5.75 Å². The van der Waals surface area contributed by atoms with Crippen LogP contribution in [0.4, 0.5) is 0 Å². The molecule has 4 N–H and O–H groups in total. The minimum atomic E-state index is -0.433. The Kier molecular flexibility index (Phi) is 5.01. The zero-order valence-electron chi connectivity index (χ0n) is 15.8. The number of carbonyl (C=O) groups is 2. The second kappa shape index (κ2) is 7.61. The summed E-state index contributed by atoms with van der Waals surface area (Å²) in [5, 5.41) is 9.89. The molecule has 4 rings (SSSR count). The Morgan fingerprint density at radius 3 is 2.96 bits per heavy atom. The maximum absolute atomic E-state index is 12.3. The molecule has 3 heterocycles. The van der Waals surface area contributed by atoms with Crippen molar-refractivity contribution in [2.24, 2.45) is 5.92 Å². The fourth-order valence-corrected chi connectivity index (χ4v) is 4.19. The molecule has 2 fully saturated rings. The van der Waals surface area contributed by atoms with Gasteiger partial charge in [0.05, 0.1) is 19.8 Å². The van der Waals surface area contributed by atoms with Gasteiger partial charge in [0.15, 0.2) is 0 Å². The molecule has 2 aliphatic heterocycles. The molecular formula is C19H24N6O3. The van der Waals surface area contributed by atoms with Gasteiger partial charge in [-0.15, -0.1) is 0 Å². The molecule has 4 unspecified atom stereocenters. The highest BCUT2D eigenvalue weighted by atomic mass is 16.5. The first kappa shape index (κ1) is 18.5. The summed E-state index contributed by atoms with van der Waals surface area (Å²) in [6, 6.07) is 7.39. The van der Waals surface area contributed by atoms with Gasteiger partial charge in [0, 0.05) is 43.3 Å². The van der Waals surface area contributed by atoms with Gasteiger partial charge in [0.1, 0.15) is 11.8 Å². The summed E-state index contributed by atoms with van der Waals surface area (Å²) in [6.07, 6.45) is 3.65. The monoisotopic (exact) mass is 384 g/mol. The first-order valence-electron chi connectivity index (χ1n) is 9.27. The molecule has 1 aromatic heterocycles. The highest BCUT2D eigenvalue weighted by Gasteiger charge is 2.48. The van der Waals surface area contributed by atoms with E-state index in [1.54, 1.807) is 20.4 Å². The van der Waals surface area contributed by atoms with Gasteiger partial charge in [-0.05, 0) is 23.8 Å². The number of ether oxygens (including phenoxy) is 1. The van der Waals surface area contributed by atoms with Crippen LogP contribution in [-0.4, -0.2) is 48.0 Å². The number of hydrogen-bond donors (Lipinski definition) is 4. The van der Waals surface area contributed by atoms with Gasteiger partial charge in [-0.2, -0.15) is 5.10 Å². The Bertz CT molecular complexity index is 869. The highest BCUT2D eigenvalue weighted by Crippen LogP contribution is 2.38. The number of nitrogens with zero attached hydrogens (tertiary/aromatic N) is 2. The fourth-order valence-electron chi connectivity index (χ4n) is 4.19. The summed E-state index contributed by atoms with van der Waals surface area (Å²) in [4.78, 5) is 24.6. The van der Waals surface area contributed by atoms with Gasteiger partial charge in [-0.3, -0.25) is 14.3 Å². The molecule has 9 heteroatoms. The first-order valence-corrected chi connectivity index (χ1v) is 9.27. The number of methoxy groups -OCH3 is 1. The van der Waals surface area contributed by atoms with Gasteiger partial charge in [-0.1, -0.05) is 6.07 Å². The third-order valence-corrected chi connectivity index (χ3v) is 5.50. The molecule has 28 heavy (non-hydrogen) atoms. The number of aromatic nitrogens is 2. The summed E-state index contributed by atoms with van der Waals surface area (Å²) in [5.41, 5.74) is 8.05. The molecule has 2 amide bonds. The molecule has 2 saturated heterocycles. The first-order chi connectivity index (χ1) is 13.6. The van der Waals surface area contributed by atoms with Crippen molar-refractivity contribution in [3.05, 3.63) is 47.8 Å². The van der Waals surface area contributed by atoms with Gasteiger partial charge < -0.3 is 15.4 Å². The van der Waals surface area contributed by atoms with Crippen molar-refractivity contribution in [3.63, 3.8) is 0 Å². The molecular weight excluding hydrogens is 360 g/mol. The summed E-state index contributed by atoms with van der Waals surface area (Å²) < 4.78 is 7.34. The molecule has 0 bridgehead atoms. The maximum atomic E-state index is 12.3.